The number of rotatable bonds is 4. The summed E-state index contributed by atoms with van der Waals surface area (Å²) in [7, 11) is 1.55. The number of carbonyl (C=O) groups is 2. The molecule has 0 radical (unpaired) electrons. The minimum Gasteiger partial charge on any atom is -0.480 e. The highest BCUT2D eigenvalue weighted by Crippen LogP contribution is 2.30. The van der Waals surface area contributed by atoms with Gasteiger partial charge in [-0.3, -0.25) is 0 Å². The van der Waals surface area contributed by atoms with Crippen LogP contribution < -0.4 is 5.32 Å². The Morgan fingerprint density at radius 1 is 1.40 bits per heavy atom. The molecule has 4 atom stereocenters. The molecule has 1 aliphatic carbocycles. The number of ether oxygens (including phenoxy) is 1. The lowest BCUT2D eigenvalue weighted by molar-refractivity contribution is -0.141. The molecule has 1 saturated heterocycles. The molecule has 1 saturated carbocycles. The number of carboxylic acid groups (broad SMARTS) is 1. The smallest absolute Gasteiger partial charge is 0.326 e. The Labute approximate surface area is 119 Å². The Kier molecular flexibility index (Phi) is 4.86. The van der Waals surface area contributed by atoms with Gasteiger partial charge in [0.05, 0.1) is 6.10 Å². The first-order valence-corrected chi connectivity index (χ1v) is 7.33. The minimum atomic E-state index is -0.964. The maximum absolute atomic E-state index is 12.2. The number of carbonyl (C=O) groups excluding carboxylic acids is 1. The van der Waals surface area contributed by atoms with E-state index in [4.69, 9.17) is 4.74 Å². The summed E-state index contributed by atoms with van der Waals surface area (Å²) >= 11 is 0. The van der Waals surface area contributed by atoms with Crippen molar-refractivity contribution in [2.24, 2.45) is 11.8 Å². The molecule has 2 fully saturated rings. The van der Waals surface area contributed by atoms with Crippen LogP contribution in [-0.4, -0.2) is 54.4 Å². The first kappa shape index (κ1) is 15.1. The molecule has 0 aromatic carbocycles. The molecule has 0 aromatic heterocycles. The normalized spacial score (nSPS) is 33.4. The Hall–Kier alpha value is -1.30. The molecule has 0 aromatic rings. The molecule has 114 valence electrons. The van der Waals surface area contributed by atoms with Crippen molar-refractivity contribution in [2.45, 2.75) is 44.8 Å². The Bertz CT molecular complexity index is 374. The lowest BCUT2D eigenvalue weighted by Crippen LogP contribution is -2.47. The van der Waals surface area contributed by atoms with Gasteiger partial charge < -0.3 is 20.1 Å². The van der Waals surface area contributed by atoms with Crippen LogP contribution in [0.25, 0.3) is 0 Å². The quantitative estimate of drug-likeness (QED) is 0.815. The monoisotopic (exact) mass is 284 g/mol. The summed E-state index contributed by atoms with van der Waals surface area (Å²) in [5.74, 6) is 0.188. The second kappa shape index (κ2) is 6.43. The molecule has 2 amide bonds. The fraction of sp³-hybridized carbons (Fsp3) is 0.857. The zero-order valence-corrected chi connectivity index (χ0v) is 12.2. The van der Waals surface area contributed by atoms with E-state index < -0.39 is 12.0 Å². The molecular weight excluding hydrogens is 260 g/mol. The van der Waals surface area contributed by atoms with Gasteiger partial charge in [-0.05, 0) is 18.3 Å². The summed E-state index contributed by atoms with van der Waals surface area (Å²) in [4.78, 5) is 24.8. The van der Waals surface area contributed by atoms with Gasteiger partial charge in [0.1, 0.15) is 6.04 Å². The second-order valence-electron chi connectivity index (χ2n) is 5.95. The van der Waals surface area contributed by atoms with E-state index in [1.165, 1.54) is 17.7 Å². The van der Waals surface area contributed by atoms with Crippen LogP contribution in [0, 0.1) is 11.8 Å². The lowest BCUT2D eigenvalue weighted by atomic mass is 9.98. The summed E-state index contributed by atoms with van der Waals surface area (Å²) < 4.78 is 5.18. The second-order valence-corrected chi connectivity index (χ2v) is 5.95. The fourth-order valence-corrected chi connectivity index (χ4v) is 3.27. The number of carboxylic acids is 1. The van der Waals surface area contributed by atoms with Gasteiger partial charge in [0.15, 0.2) is 0 Å². The molecule has 0 spiro atoms. The van der Waals surface area contributed by atoms with Crippen molar-refractivity contribution >= 4 is 12.0 Å². The van der Waals surface area contributed by atoms with Crippen molar-refractivity contribution in [3.63, 3.8) is 0 Å². The highest BCUT2D eigenvalue weighted by atomic mass is 16.5. The van der Waals surface area contributed by atoms with E-state index in [9.17, 15) is 14.7 Å². The molecule has 1 heterocycles. The van der Waals surface area contributed by atoms with Crippen LogP contribution in [0.2, 0.25) is 0 Å². The molecule has 2 rings (SSSR count). The molecule has 2 N–H and O–H groups in total. The van der Waals surface area contributed by atoms with Crippen molar-refractivity contribution in [3.05, 3.63) is 0 Å². The Morgan fingerprint density at radius 3 is 2.70 bits per heavy atom. The van der Waals surface area contributed by atoms with Crippen molar-refractivity contribution in [1.82, 2.24) is 10.2 Å². The van der Waals surface area contributed by atoms with E-state index in [1.807, 2.05) is 0 Å². The van der Waals surface area contributed by atoms with Crippen molar-refractivity contribution in [2.75, 3.05) is 20.2 Å². The topological polar surface area (TPSA) is 78.9 Å². The van der Waals surface area contributed by atoms with E-state index in [0.29, 0.717) is 31.3 Å². The SMILES string of the molecule is COC1CC(C(=O)O)N(C(=O)NCC2CCCC2C)C1. The van der Waals surface area contributed by atoms with Gasteiger partial charge in [-0.15, -0.1) is 0 Å². The lowest BCUT2D eigenvalue weighted by Gasteiger charge is -2.23. The highest BCUT2D eigenvalue weighted by Gasteiger charge is 2.40. The summed E-state index contributed by atoms with van der Waals surface area (Å²) in [5.41, 5.74) is 0. The van der Waals surface area contributed by atoms with Crippen LogP contribution in [-0.2, 0) is 9.53 Å². The van der Waals surface area contributed by atoms with E-state index in [2.05, 4.69) is 12.2 Å². The number of likely N-dealkylation sites (tertiary alicyclic amines) is 1. The zero-order valence-electron chi connectivity index (χ0n) is 12.2. The van der Waals surface area contributed by atoms with Gasteiger partial charge in [0.25, 0.3) is 0 Å². The molecule has 6 nitrogen and oxygen atoms in total. The van der Waals surface area contributed by atoms with Crippen LogP contribution in [0.5, 0.6) is 0 Å². The van der Waals surface area contributed by atoms with Crippen LogP contribution in [0.4, 0.5) is 4.79 Å². The molecule has 6 heteroatoms. The highest BCUT2D eigenvalue weighted by molar-refractivity contribution is 5.83. The molecular formula is C14H24N2O4. The number of amides is 2. The number of hydrogen-bond acceptors (Lipinski definition) is 3. The summed E-state index contributed by atoms with van der Waals surface area (Å²) in [6.45, 7) is 3.20. The van der Waals surface area contributed by atoms with E-state index in [0.717, 1.165) is 6.42 Å². The van der Waals surface area contributed by atoms with Crippen LogP contribution in [0.3, 0.4) is 0 Å². The van der Waals surface area contributed by atoms with E-state index in [1.54, 1.807) is 7.11 Å². The van der Waals surface area contributed by atoms with Gasteiger partial charge in [-0.2, -0.15) is 0 Å². The van der Waals surface area contributed by atoms with E-state index >= 15 is 0 Å². The maximum atomic E-state index is 12.2. The van der Waals surface area contributed by atoms with Crippen molar-refractivity contribution < 1.29 is 19.4 Å². The minimum absolute atomic E-state index is 0.188. The number of aliphatic carboxylic acids is 1. The molecule has 1 aliphatic heterocycles. The predicted octanol–water partition coefficient (Wildman–Crippen LogP) is 1.31. The summed E-state index contributed by atoms with van der Waals surface area (Å²) in [5, 5.41) is 12.1. The van der Waals surface area contributed by atoms with Gasteiger partial charge in [-0.25, -0.2) is 9.59 Å². The number of nitrogens with zero attached hydrogens (tertiary/aromatic N) is 1. The standard InChI is InChI=1S/C14H24N2O4/c1-9-4-3-5-10(9)7-15-14(19)16-8-11(20-2)6-12(16)13(17)18/h9-12H,3-8H2,1-2H3,(H,15,19)(H,17,18). The predicted molar refractivity (Wildman–Crippen MR) is 73.4 cm³/mol. The third kappa shape index (κ3) is 3.23. The van der Waals surface area contributed by atoms with Gasteiger partial charge in [-0.1, -0.05) is 19.8 Å². The van der Waals surface area contributed by atoms with Gasteiger partial charge >= 0.3 is 12.0 Å². The Balaban J connectivity index is 1.88. The average molecular weight is 284 g/mol. The number of urea groups is 1. The van der Waals surface area contributed by atoms with Crippen LogP contribution >= 0.6 is 0 Å². The molecule has 2 aliphatic rings. The van der Waals surface area contributed by atoms with Crippen molar-refractivity contribution in [3.8, 4) is 0 Å². The average Bonchev–Trinajstić information content (AvgIpc) is 3.02. The molecule has 0 bridgehead atoms. The van der Waals surface area contributed by atoms with E-state index in [-0.39, 0.29) is 12.1 Å². The first-order valence-electron chi connectivity index (χ1n) is 7.33. The number of hydrogen-bond donors (Lipinski definition) is 2. The number of nitrogens with one attached hydrogen (secondary N) is 1. The van der Waals surface area contributed by atoms with Crippen LogP contribution in [0.15, 0.2) is 0 Å². The van der Waals surface area contributed by atoms with Crippen molar-refractivity contribution in [1.29, 1.82) is 0 Å². The summed E-state index contributed by atoms with van der Waals surface area (Å²) in [6.07, 6.45) is 3.75. The molecule has 4 unspecified atom stereocenters. The fourth-order valence-electron chi connectivity index (χ4n) is 3.27. The third-order valence-corrected chi connectivity index (χ3v) is 4.70. The number of methoxy groups -OCH3 is 1. The van der Waals surface area contributed by atoms with Crippen LogP contribution in [0.1, 0.15) is 32.6 Å². The van der Waals surface area contributed by atoms with Gasteiger partial charge in [0.2, 0.25) is 0 Å². The zero-order chi connectivity index (χ0) is 14.7. The first-order chi connectivity index (χ1) is 9.52. The largest absolute Gasteiger partial charge is 0.480 e. The van der Waals surface area contributed by atoms with Gasteiger partial charge in [0, 0.05) is 26.6 Å². The maximum Gasteiger partial charge on any atom is 0.326 e. The third-order valence-electron chi connectivity index (χ3n) is 4.70. The summed E-state index contributed by atoms with van der Waals surface area (Å²) in [6, 6.07) is -1.06. The Morgan fingerprint density at radius 2 is 2.15 bits per heavy atom. The molecule has 20 heavy (non-hydrogen) atoms.